The molecule has 0 spiro atoms. The Morgan fingerprint density at radius 1 is 1.00 bits per heavy atom. The quantitative estimate of drug-likeness (QED) is 0.421. The number of aryl methyl sites for hydroxylation is 1. The van der Waals surface area contributed by atoms with Crippen LogP contribution >= 0.6 is 0 Å². The number of fused-ring (bicyclic) bond motifs is 1. The van der Waals surface area contributed by atoms with Gasteiger partial charge in [-0.25, -0.2) is 9.07 Å². The van der Waals surface area contributed by atoms with Crippen molar-refractivity contribution in [2.45, 2.75) is 52.7 Å². The summed E-state index contributed by atoms with van der Waals surface area (Å²) in [6, 6.07) is 17.7. The van der Waals surface area contributed by atoms with Gasteiger partial charge in [-0.15, -0.1) is 5.10 Å². The Bertz CT molecular complexity index is 1420. The van der Waals surface area contributed by atoms with Crippen molar-refractivity contribution < 1.29 is 14.0 Å². The number of nitrogens with zero attached hydrogens (tertiary/aromatic N) is 4. The molecule has 0 unspecified atom stereocenters. The lowest BCUT2D eigenvalue weighted by atomic mass is 9.98. The zero-order chi connectivity index (χ0) is 26.0. The number of rotatable bonds is 6. The summed E-state index contributed by atoms with van der Waals surface area (Å²) in [6.07, 6.45) is 0. The zero-order valence-electron chi connectivity index (χ0n) is 21.1. The van der Waals surface area contributed by atoms with E-state index in [-0.39, 0.29) is 12.1 Å². The predicted octanol–water partition coefficient (Wildman–Crippen LogP) is 4.88. The Balaban J connectivity index is 1.88. The third-order valence-electron chi connectivity index (χ3n) is 6.01. The highest BCUT2D eigenvalue weighted by Gasteiger charge is 2.37. The fourth-order valence-corrected chi connectivity index (χ4v) is 4.18. The molecule has 186 valence electrons. The Labute approximate surface area is 209 Å². The molecule has 0 aliphatic rings. The third kappa shape index (κ3) is 5.12. The first-order valence-electron chi connectivity index (χ1n) is 11.8. The normalized spacial score (nSPS) is 12.4. The Hall–Kier alpha value is -4.07. The zero-order valence-corrected chi connectivity index (χ0v) is 21.1. The maximum atomic E-state index is 15.2. The largest absolute Gasteiger partial charge is 0.349 e. The molecule has 7 nitrogen and oxygen atoms in total. The van der Waals surface area contributed by atoms with E-state index in [9.17, 15) is 9.59 Å². The lowest BCUT2D eigenvalue weighted by Gasteiger charge is -2.35. The second kappa shape index (κ2) is 9.89. The van der Waals surface area contributed by atoms with Crippen molar-refractivity contribution in [2.75, 3.05) is 4.90 Å². The van der Waals surface area contributed by atoms with Gasteiger partial charge in [-0.1, -0.05) is 47.7 Å². The molecule has 1 heterocycles. The molecule has 2 amide bonds. The molecule has 0 saturated heterocycles. The van der Waals surface area contributed by atoms with E-state index in [0.29, 0.717) is 16.7 Å². The van der Waals surface area contributed by atoms with Gasteiger partial charge in [-0.05, 0) is 70.0 Å². The minimum atomic E-state index is -1.24. The van der Waals surface area contributed by atoms with E-state index in [2.05, 4.69) is 15.6 Å². The summed E-state index contributed by atoms with van der Waals surface area (Å²) in [5, 5.41) is 11.2. The molecule has 0 aliphatic carbocycles. The molecule has 36 heavy (non-hydrogen) atoms. The minimum absolute atomic E-state index is 0.108. The van der Waals surface area contributed by atoms with Gasteiger partial charge in [0, 0.05) is 16.8 Å². The van der Waals surface area contributed by atoms with Crippen LogP contribution in [0.2, 0.25) is 0 Å². The molecule has 4 aromatic rings. The first kappa shape index (κ1) is 25.0. The molecule has 1 N–H and O–H groups in total. The number of hydrogen-bond donors (Lipinski definition) is 1. The van der Waals surface area contributed by atoms with Crippen LogP contribution in [0.1, 0.15) is 43.5 Å². The highest BCUT2D eigenvalue weighted by atomic mass is 19.1. The van der Waals surface area contributed by atoms with Gasteiger partial charge in [0.1, 0.15) is 23.9 Å². The van der Waals surface area contributed by atoms with Crippen LogP contribution in [0.15, 0.2) is 66.7 Å². The molecule has 0 bridgehead atoms. The lowest BCUT2D eigenvalue weighted by Crippen LogP contribution is -2.50. The molecular formula is C28H30FN5O2. The number of hydrogen-bond acceptors (Lipinski definition) is 4. The summed E-state index contributed by atoms with van der Waals surface area (Å²) >= 11 is 0. The van der Waals surface area contributed by atoms with Gasteiger partial charge in [-0.3, -0.25) is 14.5 Å². The monoisotopic (exact) mass is 487 g/mol. The molecule has 0 aliphatic heterocycles. The van der Waals surface area contributed by atoms with E-state index < -0.39 is 29.2 Å². The second-order valence-electron chi connectivity index (χ2n) is 9.88. The number of aromatic nitrogens is 3. The molecular weight excluding hydrogens is 457 g/mol. The van der Waals surface area contributed by atoms with Crippen molar-refractivity contribution in [1.82, 2.24) is 20.3 Å². The number of benzene rings is 3. The van der Waals surface area contributed by atoms with E-state index >= 15 is 4.39 Å². The van der Waals surface area contributed by atoms with Crippen molar-refractivity contribution in [3.05, 3.63) is 89.2 Å². The highest BCUT2D eigenvalue weighted by molar-refractivity contribution is 6.02. The minimum Gasteiger partial charge on any atom is -0.349 e. The molecule has 1 atom stereocenters. The fourth-order valence-electron chi connectivity index (χ4n) is 4.18. The highest BCUT2D eigenvalue weighted by Crippen LogP contribution is 2.33. The molecule has 8 heteroatoms. The number of halogens is 1. The van der Waals surface area contributed by atoms with Crippen LogP contribution in [0.3, 0.4) is 0 Å². The Morgan fingerprint density at radius 2 is 1.69 bits per heavy atom. The summed E-state index contributed by atoms with van der Waals surface area (Å²) in [4.78, 5) is 29.2. The van der Waals surface area contributed by atoms with Crippen LogP contribution in [-0.2, 0) is 16.1 Å². The Kier molecular flexibility index (Phi) is 6.88. The van der Waals surface area contributed by atoms with Crippen molar-refractivity contribution in [1.29, 1.82) is 0 Å². The first-order chi connectivity index (χ1) is 17.1. The number of carbonyl (C=O) groups is 2. The standard InChI is InChI=1S/C28H30FN5O2/c1-18-11-10-16-23(19(18)2)34(25(35)17-33-24-15-9-8-14-22(24)31-32-33)26(27(36)30-28(3,4)5)20-12-6-7-13-21(20)29/h6-16,26H,17H2,1-5H3,(H,30,36)/t26-/m1/s1. The average Bonchev–Trinajstić information content (AvgIpc) is 3.22. The van der Waals surface area contributed by atoms with E-state index in [4.69, 9.17) is 0 Å². The van der Waals surface area contributed by atoms with Gasteiger partial charge in [0.25, 0.3) is 0 Å². The SMILES string of the molecule is Cc1cccc(N(C(=O)Cn2nnc3ccccc32)[C@@H](C(=O)NC(C)(C)C)c2ccccc2F)c1C. The van der Waals surface area contributed by atoms with Crippen LogP contribution in [-0.4, -0.2) is 32.3 Å². The molecule has 3 aromatic carbocycles. The summed E-state index contributed by atoms with van der Waals surface area (Å²) in [5.74, 6) is -1.47. The molecule has 0 fully saturated rings. The summed E-state index contributed by atoms with van der Waals surface area (Å²) in [7, 11) is 0. The van der Waals surface area contributed by atoms with Crippen LogP contribution < -0.4 is 10.2 Å². The number of para-hydroxylation sites is 1. The summed E-state index contributed by atoms with van der Waals surface area (Å²) < 4.78 is 16.7. The fraction of sp³-hybridized carbons (Fsp3) is 0.286. The third-order valence-corrected chi connectivity index (χ3v) is 6.01. The Morgan fingerprint density at radius 3 is 2.42 bits per heavy atom. The molecule has 1 aromatic heterocycles. The molecule has 0 radical (unpaired) electrons. The van der Waals surface area contributed by atoms with E-state index in [1.807, 2.05) is 71.0 Å². The van der Waals surface area contributed by atoms with Crippen molar-refractivity contribution >= 4 is 28.5 Å². The van der Waals surface area contributed by atoms with Gasteiger partial charge in [0.05, 0.1) is 5.52 Å². The van der Waals surface area contributed by atoms with Crippen molar-refractivity contribution in [3.63, 3.8) is 0 Å². The second-order valence-corrected chi connectivity index (χ2v) is 9.88. The number of carbonyl (C=O) groups excluding carboxylic acids is 2. The molecule has 0 saturated carbocycles. The topological polar surface area (TPSA) is 80.1 Å². The van der Waals surface area contributed by atoms with E-state index in [1.165, 1.54) is 15.6 Å². The number of anilines is 1. The van der Waals surface area contributed by atoms with E-state index in [1.54, 1.807) is 24.3 Å². The smallest absolute Gasteiger partial charge is 0.249 e. The lowest BCUT2D eigenvalue weighted by molar-refractivity contribution is -0.128. The van der Waals surface area contributed by atoms with Crippen LogP contribution in [0.5, 0.6) is 0 Å². The summed E-state index contributed by atoms with van der Waals surface area (Å²) in [5.41, 5.74) is 3.14. The van der Waals surface area contributed by atoms with Crippen LogP contribution in [0.4, 0.5) is 10.1 Å². The van der Waals surface area contributed by atoms with Gasteiger partial charge in [-0.2, -0.15) is 0 Å². The van der Waals surface area contributed by atoms with Gasteiger partial charge in [0.15, 0.2) is 0 Å². The van der Waals surface area contributed by atoms with Gasteiger partial charge >= 0.3 is 0 Å². The summed E-state index contributed by atoms with van der Waals surface area (Å²) in [6.45, 7) is 9.16. The number of amides is 2. The van der Waals surface area contributed by atoms with Crippen LogP contribution in [0.25, 0.3) is 11.0 Å². The van der Waals surface area contributed by atoms with Gasteiger partial charge in [0.2, 0.25) is 11.8 Å². The van der Waals surface area contributed by atoms with Crippen molar-refractivity contribution in [3.8, 4) is 0 Å². The predicted molar refractivity (Wildman–Crippen MR) is 138 cm³/mol. The van der Waals surface area contributed by atoms with E-state index in [0.717, 1.165) is 11.1 Å². The maximum Gasteiger partial charge on any atom is 0.249 e. The van der Waals surface area contributed by atoms with Crippen LogP contribution in [0, 0.1) is 19.7 Å². The molecule has 4 rings (SSSR count). The van der Waals surface area contributed by atoms with Crippen molar-refractivity contribution in [2.24, 2.45) is 0 Å². The van der Waals surface area contributed by atoms with Gasteiger partial charge < -0.3 is 5.32 Å². The number of nitrogens with one attached hydrogen (secondary N) is 1. The average molecular weight is 488 g/mol. The first-order valence-corrected chi connectivity index (χ1v) is 11.8. The maximum absolute atomic E-state index is 15.2.